The summed E-state index contributed by atoms with van der Waals surface area (Å²) in [4.78, 5) is 25.6. The Morgan fingerprint density at radius 1 is 1.36 bits per heavy atom. The third-order valence-corrected chi connectivity index (χ3v) is 5.62. The number of anilines is 1. The van der Waals surface area contributed by atoms with E-state index in [9.17, 15) is 14.7 Å². The summed E-state index contributed by atoms with van der Waals surface area (Å²) in [6.07, 6.45) is 4.16. The molecule has 2 aliphatic rings. The number of fused-ring (bicyclic) bond motifs is 1. The van der Waals surface area contributed by atoms with Gasteiger partial charge in [-0.15, -0.1) is 0 Å². The summed E-state index contributed by atoms with van der Waals surface area (Å²) in [6, 6.07) is 5.60. The smallest absolute Gasteiger partial charge is 0.251 e. The second-order valence-electron chi connectivity index (χ2n) is 7.81. The Bertz CT molecular complexity index is 879. The van der Waals surface area contributed by atoms with Crippen LogP contribution < -0.4 is 5.32 Å². The van der Waals surface area contributed by atoms with Crippen LogP contribution in [0.2, 0.25) is 0 Å². The van der Waals surface area contributed by atoms with E-state index in [2.05, 4.69) is 10.4 Å². The van der Waals surface area contributed by atoms with E-state index in [0.29, 0.717) is 44.8 Å². The van der Waals surface area contributed by atoms with E-state index in [0.717, 1.165) is 23.7 Å². The number of ether oxygens (including phenoxy) is 1. The molecule has 2 amide bonds. The van der Waals surface area contributed by atoms with Crippen molar-refractivity contribution in [2.24, 2.45) is 0 Å². The van der Waals surface area contributed by atoms with Crippen molar-refractivity contribution in [1.29, 1.82) is 0 Å². The Labute approximate surface area is 163 Å². The quantitative estimate of drug-likeness (QED) is 0.831. The van der Waals surface area contributed by atoms with Crippen LogP contribution in [0, 0.1) is 0 Å². The molecule has 8 heteroatoms. The molecule has 0 spiro atoms. The normalized spacial score (nSPS) is 21.8. The number of aromatic nitrogens is 2. The van der Waals surface area contributed by atoms with Gasteiger partial charge in [0.15, 0.2) is 0 Å². The van der Waals surface area contributed by atoms with Crippen LogP contribution in [0.25, 0.3) is 10.9 Å². The Hall–Kier alpha value is -2.45. The number of carbonyl (C=O) groups is 2. The molecule has 0 bridgehead atoms. The lowest BCUT2D eigenvalue weighted by atomic mass is 9.91. The first-order valence-electron chi connectivity index (χ1n) is 9.79. The van der Waals surface area contributed by atoms with Gasteiger partial charge in [-0.2, -0.15) is 5.10 Å². The van der Waals surface area contributed by atoms with Gasteiger partial charge < -0.3 is 20.1 Å². The van der Waals surface area contributed by atoms with Gasteiger partial charge in [0, 0.05) is 37.7 Å². The lowest BCUT2D eigenvalue weighted by Gasteiger charge is -2.39. The van der Waals surface area contributed by atoms with Crippen molar-refractivity contribution in [3.05, 3.63) is 24.4 Å². The molecule has 28 heavy (non-hydrogen) atoms. The highest BCUT2D eigenvalue weighted by Crippen LogP contribution is 2.28. The molecule has 1 aromatic carbocycles. The van der Waals surface area contributed by atoms with Gasteiger partial charge in [0.1, 0.15) is 6.10 Å². The number of aliphatic hydroxyl groups is 1. The van der Waals surface area contributed by atoms with Gasteiger partial charge in [-0.05, 0) is 43.9 Å². The Morgan fingerprint density at radius 2 is 2.14 bits per heavy atom. The zero-order valence-electron chi connectivity index (χ0n) is 16.1. The molecule has 0 saturated carbocycles. The van der Waals surface area contributed by atoms with Crippen LogP contribution in [0.1, 0.15) is 32.6 Å². The van der Waals surface area contributed by atoms with Crippen molar-refractivity contribution >= 4 is 28.4 Å². The summed E-state index contributed by atoms with van der Waals surface area (Å²) in [5, 5.41) is 19.2. The number of likely N-dealkylation sites (tertiary alicyclic amines) is 1. The highest BCUT2D eigenvalue weighted by Gasteiger charge is 2.37. The summed E-state index contributed by atoms with van der Waals surface area (Å²) in [5.41, 5.74) is 0.638. The number of benzene rings is 1. The van der Waals surface area contributed by atoms with Crippen LogP contribution in [0.15, 0.2) is 24.4 Å². The fourth-order valence-corrected chi connectivity index (χ4v) is 4.03. The lowest BCUT2D eigenvalue weighted by molar-refractivity contribution is -0.145. The third-order valence-electron chi connectivity index (χ3n) is 5.62. The second kappa shape index (κ2) is 7.52. The fourth-order valence-electron chi connectivity index (χ4n) is 4.03. The number of piperidine rings is 1. The monoisotopic (exact) mass is 386 g/mol. The van der Waals surface area contributed by atoms with Crippen molar-refractivity contribution in [2.75, 3.05) is 25.0 Å². The van der Waals surface area contributed by atoms with E-state index in [-0.39, 0.29) is 17.9 Å². The summed E-state index contributed by atoms with van der Waals surface area (Å²) in [7, 11) is 0. The molecule has 2 N–H and O–H groups in total. The number of nitrogens with zero attached hydrogens (tertiary/aromatic N) is 3. The Kier molecular flexibility index (Phi) is 5.07. The van der Waals surface area contributed by atoms with Gasteiger partial charge in [-0.25, -0.2) is 0 Å². The molecule has 8 nitrogen and oxygen atoms in total. The van der Waals surface area contributed by atoms with Crippen LogP contribution in [-0.2, 0) is 20.9 Å². The number of rotatable bonds is 4. The summed E-state index contributed by atoms with van der Waals surface area (Å²) in [5.74, 6) is -0.0867. The lowest BCUT2D eigenvalue weighted by Crippen LogP contribution is -2.51. The molecule has 3 heterocycles. The minimum atomic E-state index is -0.920. The summed E-state index contributed by atoms with van der Waals surface area (Å²) in [6.45, 7) is 3.51. The predicted molar refractivity (Wildman–Crippen MR) is 104 cm³/mol. The number of carbonyl (C=O) groups excluding carboxylic acids is 2. The van der Waals surface area contributed by atoms with Crippen LogP contribution in [0.4, 0.5) is 5.69 Å². The highest BCUT2D eigenvalue weighted by atomic mass is 16.5. The van der Waals surface area contributed by atoms with E-state index >= 15 is 0 Å². The van der Waals surface area contributed by atoms with Crippen LogP contribution in [0.5, 0.6) is 0 Å². The first kappa shape index (κ1) is 18.9. The van der Waals surface area contributed by atoms with Crippen molar-refractivity contribution in [2.45, 2.75) is 50.9 Å². The fraction of sp³-hybridized carbons (Fsp3) is 0.550. The maximum atomic E-state index is 12.5. The van der Waals surface area contributed by atoms with E-state index < -0.39 is 5.60 Å². The van der Waals surface area contributed by atoms with Crippen LogP contribution in [-0.4, -0.2) is 63.0 Å². The van der Waals surface area contributed by atoms with Gasteiger partial charge >= 0.3 is 0 Å². The average molecular weight is 386 g/mol. The van der Waals surface area contributed by atoms with Crippen molar-refractivity contribution in [3.63, 3.8) is 0 Å². The molecule has 0 radical (unpaired) electrons. The first-order chi connectivity index (χ1) is 13.4. The molecule has 2 aliphatic heterocycles. The van der Waals surface area contributed by atoms with Gasteiger partial charge in [0.05, 0.1) is 23.9 Å². The predicted octanol–water partition coefficient (Wildman–Crippen LogP) is 1.53. The van der Waals surface area contributed by atoms with Gasteiger partial charge in [-0.1, -0.05) is 0 Å². The molecular weight excluding hydrogens is 360 g/mol. The standard InChI is InChI=1S/C20H26N4O4/c1-14(25)22-16-5-4-15-12-21-24(17(15)11-16)13-20(27)6-8-23(9-7-20)19(26)18-3-2-10-28-18/h4-5,11-12,18,27H,2-3,6-10,13H2,1H3,(H,22,25). The van der Waals surface area contributed by atoms with E-state index in [4.69, 9.17) is 4.74 Å². The van der Waals surface area contributed by atoms with Gasteiger partial charge in [0.2, 0.25) is 5.91 Å². The first-order valence-corrected chi connectivity index (χ1v) is 9.79. The summed E-state index contributed by atoms with van der Waals surface area (Å²) >= 11 is 0. The molecule has 2 saturated heterocycles. The number of hydrogen-bond donors (Lipinski definition) is 2. The molecule has 150 valence electrons. The van der Waals surface area contributed by atoms with E-state index in [1.807, 2.05) is 18.2 Å². The maximum Gasteiger partial charge on any atom is 0.251 e. The van der Waals surface area contributed by atoms with Crippen molar-refractivity contribution in [3.8, 4) is 0 Å². The topological polar surface area (TPSA) is 96.7 Å². The van der Waals surface area contributed by atoms with Crippen LogP contribution in [0.3, 0.4) is 0 Å². The molecule has 4 rings (SSSR count). The Balaban J connectivity index is 1.44. The maximum absolute atomic E-state index is 12.5. The Morgan fingerprint density at radius 3 is 2.82 bits per heavy atom. The minimum absolute atomic E-state index is 0.0454. The SMILES string of the molecule is CC(=O)Nc1ccc2cnn(CC3(O)CCN(C(=O)C4CCCO4)CC3)c2c1. The summed E-state index contributed by atoms with van der Waals surface area (Å²) < 4.78 is 7.27. The molecule has 1 unspecified atom stereocenters. The minimum Gasteiger partial charge on any atom is -0.388 e. The number of amides is 2. The van der Waals surface area contributed by atoms with Crippen LogP contribution >= 0.6 is 0 Å². The van der Waals surface area contributed by atoms with Crippen molar-refractivity contribution < 1.29 is 19.4 Å². The zero-order valence-corrected chi connectivity index (χ0v) is 16.1. The van der Waals surface area contributed by atoms with E-state index in [1.54, 1.807) is 15.8 Å². The average Bonchev–Trinajstić information content (AvgIpc) is 3.32. The second-order valence-corrected chi connectivity index (χ2v) is 7.81. The molecule has 2 aromatic rings. The molecule has 1 aromatic heterocycles. The largest absolute Gasteiger partial charge is 0.388 e. The van der Waals surface area contributed by atoms with E-state index in [1.165, 1.54) is 6.92 Å². The molecular formula is C20H26N4O4. The van der Waals surface area contributed by atoms with Gasteiger partial charge in [-0.3, -0.25) is 14.3 Å². The number of nitrogens with one attached hydrogen (secondary N) is 1. The molecule has 0 aliphatic carbocycles. The van der Waals surface area contributed by atoms with Gasteiger partial charge in [0.25, 0.3) is 5.91 Å². The molecule has 2 fully saturated rings. The highest BCUT2D eigenvalue weighted by molar-refractivity contribution is 5.92. The molecule has 1 atom stereocenters. The third kappa shape index (κ3) is 3.88. The number of hydrogen-bond acceptors (Lipinski definition) is 5. The zero-order chi connectivity index (χ0) is 19.7. The van der Waals surface area contributed by atoms with Crippen molar-refractivity contribution in [1.82, 2.24) is 14.7 Å².